The standard InChI is InChI=1S/C19H20Cl2N2O5S/c1-27-17-3-2-13(8-18(17)29(25,26)23-4-6-28-7-5-23)9-19(24)22-16-11-14(20)10-15(21)12-16/h2-3,8,10-12H,4-7,9H2,1H3,(H,22,24). The zero-order valence-electron chi connectivity index (χ0n) is 15.7. The van der Waals surface area contributed by atoms with Gasteiger partial charge in [-0.1, -0.05) is 29.3 Å². The molecule has 0 radical (unpaired) electrons. The Morgan fingerprint density at radius 1 is 1.14 bits per heavy atom. The van der Waals surface area contributed by atoms with Crippen molar-refractivity contribution in [2.75, 3.05) is 38.7 Å². The number of nitrogens with zero attached hydrogens (tertiary/aromatic N) is 1. The highest BCUT2D eigenvalue weighted by atomic mass is 35.5. The van der Waals surface area contributed by atoms with Crippen LogP contribution < -0.4 is 10.1 Å². The van der Waals surface area contributed by atoms with Crippen molar-refractivity contribution in [3.8, 4) is 5.75 Å². The second-order valence-electron chi connectivity index (χ2n) is 6.38. The number of amides is 1. The van der Waals surface area contributed by atoms with Crippen LogP contribution in [0.25, 0.3) is 0 Å². The van der Waals surface area contributed by atoms with Crippen LogP contribution in [0.15, 0.2) is 41.3 Å². The van der Waals surface area contributed by atoms with E-state index < -0.39 is 10.0 Å². The van der Waals surface area contributed by atoms with Gasteiger partial charge in [0.25, 0.3) is 0 Å². The van der Waals surface area contributed by atoms with E-state index in [0.29, 0.717) is 34.5 Å². The lowest BCUT2D eigenvalue weighted by Crippen LogP contribution is -2.40. The zero-order valence-corrected chi connectivity index (χ0v) is 18.0. The number of hydrogen-bond donors (Lipinski definition) is 1. The molecule has 0 saturated carbocycles. The molecule has 1 N–H and O–H groups in total. The van der Waals surface area contributed by atoms with Gasteiger partial charge in [-0.05, 0) is 35.9 Å². The molecule has 1 aliphatic heterocycles. The number of rotatable bonds is 6. The molecule has 1 amide bonds. The van der Waals surface area contributed by atoms with Gasteiger partial charge in [0.1, 0.15) is 10.6 Å². The fourth-order valence-corrected chi connectivity index (χ4v) is 5.12. The maximum absolute atomic E-state index is 13.0. The molecule has 7 nitrogen and oxygen atoms in total. The molecule has 0 spiro atoms. The van der Waals surface area contributed by atoms with Gasteiger partial charge in [0, 0.05) is 28.8 Å². The van der Waals surface area contributed by atoms with Crippen LogP contribution in [0.2, 0.25) is 10.0 Å². The predicted octanol–water partition coefficient (Wildman–Crippen LogP) is 3.20. The van der Waals surface area contributed by atoms with Crippen LogP contribution in [0.3, 0.4) is 0 Å². The average molecular weight is 459 g/mol. The lowest BCUT2D eigenvalue weighted by atomic mass is 10.1. The van der Waals surface area contributed by atoms with Crippen LogP contribution in [0, 0.1) is 0 Å². The first-order valence-corrected chi connectivity index (χ1v) is 11.0. The third-order valence-electron chi connectivity index (χ3n) is 4.33. The molecule has 0 aromatic heterocycles. The number of sulfonamides is 1. The Hall–Kier alpha value is -1.84. The van der Waals surface area contributed by atoms with Gasteiger partial charge < -0.3 is 14.8 Å². The lowest BCUT2D eigenvalue weighted by molar-refractivity contribution is -0.115. The van der Waals surface area contributed by atoms with E-state index >= 15 is 0 Å². The van der Waals surface area contributed by atoms with Crippen molar-refractivity contribution >= 4 is 44.8 Å². The van der Waals surface area contributed by atoms with E-state index in [2.05, 4.69) is 5.32 Å². The summed E-state index contributed by atoms with van der Waals surface area (Å²) in [7, 11) is -2.37. The fourth-order valence-electron chi connectivity index (χ4n) is 2.98. The molecule has 1 saturated heterocycles. The molecule has 2 aromatic rings. The number of carbonyl (C=O) groups is 1. The molecular weight excluding hydrogens is 439 g/mol. The van der Waals surface area contributed by atoms with Crippen molar-refractivity contribution in [2.45, 2.75) is 11.3 Å². The second-order valence-corrected chi connectivity index (χ2v) is 9.16. The van der Waals surface area contributed by atoms with Gasteiger partial charge in [-0.3, -0.25) is 4.79 Å². The summed E-state index contributed by atoms with van der Waals surface area (Å²) in [5, 5.41) is 3.51. The minimum absolute atomic E-state index is 0.0259. The van der Waals surface area contributed by atoms with Gasteiger partial charge in [0.05, 0.1) is 26.7 Å². The molecule has 1 aliphatic rings. The molecule has 0 bridgehead atoms. The Bertz CT molecular complexity index is 987. The molecule has 2 aromatic carbocycles. The van der Waals surface area contributed by atoms with Gasteiger partial charge in [-0.25, -0.2) is 8.42 Å². The van der Waals surface area contributed by atoms with E-state index in [0.717, 1.165) is 0 Å². The molecule has 1 heterocycles. The van der Waals surface area contributed by atoms with Crippen LogP contribution in [0.5, 0.6) is 5.75 Å². The molecule has 1 fully saturated rings. The summed E-state index contributed by atoms with van der Waals surface area (Å²) in [6.07, 6.45) is -0.0280. The molecule has 0 atom stereocenters. The van der Waals surface area contributed by atoms with E-state index in [1.54, 1.807) is 30.3 Å². The number of carbonyl (C=O) groups excluding carboxylic acids is 1. The average Bonchev–Trinajstić information content (AvgIpc) is 2.67. The smallest absolute Gasteiger partial charge is 0.246 e. The quantitative estimate of drug-likeness (QED) is 0.717. The van der Waals surface area contributed by atoms with E-state index in [1.165, 1.54) is 17.5 Å². The minimum Gasteiger partial charge on any atom is -0.495 e. The molecule has 29 heavy (non-hydrogen) atoms. The summed E-state index contributed by atoms with van der Waals surface area (Å²) >= 11 is 11.9. The van der Waals surface area contributed by atoms with Gasteiger partial charge in [0.2, 0.25) is 15.9 Å². The lowest BCUT2D eigenvalue weighted by Gasteiger charge is -2.26. The number of hydrogen-bond acceptors (Lipinski definition) is 5. The number of anilines is 1. The van der Waals surface area contributed by atoms with Crippen LogP contribution in [-0.2, 0) is 26.0 Å². The van der Waals surface area contributed by atoms with Crippen molar-refractivity contribution in [3.63, 3.8) is 0 Å². The molecule has 3 rings (SSSR count). The summed E-state index contributed by atoms with van der Waals surface area (Å²) < 4.78 is 37.9. The molecule has 0 aliphatic carbocycles. The van der Waals surface area contributed by atoms with Gasteiger partial charge in [-0.2, -0.15) is 4.31 Å². The fraction of sp³-hybridized carbons (Fsp3) is 0.316. The third-order valence-corrected chi connectivity index (χ3v) is 6.68. The first kappa shape index (κ1) is 21.9. The van der Waals surface area contributed by atoms with Crippen LogP contribution >= 0.6 is 23.2 Å². The Balaban J connectivity index is 1.81. The van der Waals surface area contributed by atoms with E-state index in [4.69, 9.17) is 32.7 Å². The normalized spacial score (nSPS) is 15.1. The number of benzene rings is 2. The highest BCUT2D eigenvalue weighted by Gasteiger charge is 2.29. The predicted molar refractivity (Wildman–Crippen MR) is 111 cm³/mol. The van der Waals surface area contributed by atoms with Crippen molar-refractivity contribution in [1.82, 2.24) is 4.31 Å². The Labute approximate surface area is 179 Å². The molecule has 156 valence electrons. The number of halogens is 2. The van der Waals surface area contributed by atoms with Crippen molar-refractivity contribution in [3.05, 3.63) is 52.0 Å². The largest absolute Gasteiger partial charge is 0.495 e. The summed E-state index contributed by atoms with van der Waals surface area (Å²) in [6, 6.07) is 9.38. The zero-order chi connectivity index (χ0) is 21.0. The molecule has 0 unspecified atom stereocenters. The Kier molecular flexibility index (Phi) is 7.02. The maximum Gasteiger partial charge on any atom is 0.246 e. The van der Waals surface area contributed by atoms with E-state index in [9.17, 15) is 13.2 Å². The van der Waals surface area contributed by atoms with E-state index in [1.807, 2.05) is 0 Å². The van der Waals surface area contributed by atoms with Crippen LogP contribution in [0.4, 0.5) is 5.69 Å². The summed E-state index contributed by atoms with van der Waals surface area (Å²) in [5.74, 6) is -0.106. The number of ether oxygens (including phenoxy) is 2. The monoisotopic (exact) mass is 458 g/mol. The van der Waals surface area contributed by atoms with Crippen LogP contribution in [-0.4, -0.2) is 52.0 Å². The van der Waals surface area contributed by atoms with Gasteiger partial charge in [-0.15, -0.1) is 0 Å². The van der Waals surface area contributed by atoms with Gasteiger partial charge >= 0.3 is 0 Å². The highest BCUT2D eigenvalue weighted by molar-refractivity contribution is 7.89. The molecular formula is C19H20Cl2N2O5S. The summed E-state index contributed by atoms with van der Waals surface area (Å²) in [6.45, 7) is 1.22. The highest BCUT2D eigenvalue weighted by Crippen LogP contribution is 2.29. The Morgan fingerprint density at radius 2 is 1.79 bits per heavy atom. The first-order chi connectivity index (χ1) is 13.8. The molecule has 10 heteroatoms. The van der Waals surface area contributed by atoms with Crippen molar-refractivity contribution in [1.29, 1.82) is 0 Å². The number of methoxy groups -OCH3 is 1. The Morgan fingerprint density at radius 3 is 2.41 bits per heavy atom. The van der Waals surface area contributed by atoms with Crippen molar-refractivity contribution in [2.24, 2.45) is 0 Å². The second kappa shape index (κ2) is 9.32. The minimum atomic E-state index is -3.77. The van der Waals surface area contributed by atoms with Gasteiger partial charge in [0.15, 0.2) is 0 Å². The number of nitrogens with one attached hydrogen (secondary N) is 1. The van der Waals surface area contributed by atoms with E-state index in [-0.39, 0.29) is 36.1 Å². The SMILES string of the molecule is COc1ccc(CC(=O)Nc2cc(Cl)cc(Cl)c2)cc1S(=O)(=O)N1CCOCC1. The van der Waals surface area contributed by atoms with Crippen LogP contribution in [0.1, 0.15) is 5.56 Å². The third kappa shape index (κ3) is 5.40. The first-order valence-electron chi connectivity index (χ1n) is 8.80. The maximum atomic E-state index is 13.0. The number of morpholine rings is 1. The van der Waals surface area contributed by atoms with Crippen molar-refractivity contribution < 1.29 is 22.7 Å². The summed E-state index contributed by atoms with van der Waals surface area (Å²) in [4.78, 5) is 12.4. The summed E-state index contributed by atoms with van der Waals surface area (Å²) in [5.41, 5.74) is 0.991. The topological polar surface area (TPSA) is 84.9 Å².